The van der Waals surface area contributed by atoms with Crippen LogP contribution >= 0.6 is 11.6 Å². The summed E-state index contributed by atoms with van der Waals surface area (Å²) < 4.78 is 36.8. The predicted molar refractivity (Wildman–Crippen MR) is 60.8 cm³/mol. The number of anilines is 1. The zero-order valence-corrected chi connectivity index (χ0v) is 9.88. The number of aromatic amines is 1. The van der Waals surface area contributed by atoms with E-state index in [1.54, 1.807) is 17.2 Å². The number of nitrogens with one attached hydrogen (secondary N) is 2. The third kappa shape index (κ3) is 3.02. The molecule has 100 valence electrons. The van der Waals surface area contributed by atoms with Crippen LogP contribution < -0.4 is 5.32 Å². The van der Waals surface area contributed by atoms with Crippen molar-refractivity contribution in [2.45, 2.75) is 6.18 Å². The Balaban J connectivity index is 2.16. The fraction of sp³-hybridized carbons (Fsp3) is 0.100. The van der Waals surface area contributed by atoms with Crippen LogP contribution in [0.2, 0.25) is 5.02 Å². The second-order valence-corrected chi connectivity index (χ2v) is 3.85. The summed E-state index contributed by atoms with van der Waals surface area (Å²) in [5.74, 6) is -2.46. The number of hydrogen-bond donors (Lipinski definition) is 2. The maximum absolute atomic E-state index is 12.3. The molecule has 0 radical (unpaired) electrons. The van der Waals surface area contributed by atoms with Crippen molar-refractivity contribution in [2.75, 3.05) is 5.32 Å². The van der Waals surface area contributed by atoms with Gasteiger partial charge in [0, 0.05) is 0 Å². The highest BCUT2D eigenvalue weighted by Gasteiger charge is 2.35. The van der Waals surface area contributed by atoms with Gasteiger partial charge in [-0.15, -0.1) is 5.10 Å². The third-order valence-electron chi connectivity index (χ3n) is 2.10. The average molecular weight is 291 g/mol. The highest BCUT2D eigenvalue weighted by molar-refractivity contribution is 6.34. The largest absolute Gasteiger partial charge is 0.451 e. The monoisotopic (exact) mass is 290 g/mol. The van der Waals surface area contributed by atoms with Crippen LogP contribution in [-0.4, -0.2) is 21.1 Å². The molecule has 0 bridgehead atoms. The van der Waals surface area contributed by atoms with E-state index in [0.29, 0.717) is 0 Å². The number of benzene rings is 1. The van der Waals surface area contributed by atoms with E-state index in [1.165, 1.54) is 12.1 Å². The van der Waals surface area contributed by atoms with Crippen LogP contribution in [0, 0.1) is 0 Å². The average Bonchev–Trinajstić information content (AvgIpc) is 2.77. The first-order valence-corrected chi connectivity index (χ1v) is 5.31. The van der Waals surface area contributed by atoms with E-state index in [-0.39, 0.29) is 10.6 Å². The standard InChI is InChI=1S/C10H6ClF3N4O/c11-6-4-2-1-3-5(6)7(19)15-9-16-8(17-18-9)10(12,13)14/h1-4H,(H2,15,16,17,18,19). The van der Waals surface area contributed by atoms with Gasteiger partial charge in [-0.3, -0.25) is 15.2 Å². The van der Waals surface area contributed by atoms with Gasteiger partial charge in [-0.25, -0.2) is 0 Å². The fourth-order valence-electron chi connectivity index (χ4n) is 1.26. The molecule has 0 fully saturated rings. The lowest BCUT2D eigenvalue weighted by atomic mass is 10.2. The second-order valence-electron chi connectivity index (χ2n) is 3.44. The molecule has 5 nitrogen and oxygen atoms in total. The number of aromatic nitrogens is 3. The Morgan fingerprint density at radius 3 is 2.58 bits per heavy atom. The van der Waals surface area contributed by atoms with E-state index >= 15 is 0 Å². The SMILES string of the molecule is O=C(Nc1n[nH]c(C(F)(F)F)n1)c1ccccc1Cl. The summed E-state index contributed by atoms with van der Waals surface area (Å²) in [7, 11) is 0. The summed E-state index contributed by atoms with van der Waals surface area (Å²) in [4.78, 5) is 14.8. The number of hydrogen-bond acceptors (Lipinski definition) is 3. The molecule has 1 heterocycles. The maximum atomic E-state index is 12.3. The number of nitrogens with zero attached hydrogens (tertiary/aromatic N) is 2. The number of carbonyl (C=O) groups is 1. The van der Waals surface area contributed by atoms with Crippen LogP contribution in [0.1, 0.15) is 16.2 Å². The third-order valence-corrected chi connectivity index (χ3v) is 2.43. The van der Waals surface area contributed by atoms with Crippen molar-refractivity contribution in [2.24, 2.45) is 0 Å². The molecule has 0 spiro atoms. The number of rotatable bonds is 2. The molecule has 0 saturated carbocycles. The molecule has 2 rings (SSSR count). The van der Waals surface area contributed by atoms with Crippen molar-refractivity contribution < 1.29 is 18.0 Å². The smallest absolute Gasteiger partial charge is 0.289 e. The quantitative estimate of drug-likeness (QED) is 0.893. The van der Waals surface area contributed by atoms with Crippen molar-refractivity contribution in [1.29, 1.82) is 0 Å². The molecule has 9 heteroatoms. The van der Waals surface area contributed by atoms with Gasteiger partial charge in [0.2, 0.25) is 11.8 Å². The van der Waals surface area contributed by atoms with Crippen LogP contribution in [-0.2, 0) is 6.18 Å². The van der Waals surface area contributed by atoms with Crippen LogP contribution in [0.5, 0.6) is 0 Å². The Morgan fingerprint density at radius 2 is 2.00 bits per heavy atom. The van der Waals surface area contributed by atoms with Gasteiger partial charge >= 0.3 is 6.18 Å². The number of amides is 1. The summed E-state index contributed by atoms with van der Waals surface area (Å²) in [5.41, 5.74) is 0.113. The minimum Gasteiger partial charge on any atom is -0.289 e. The number of halogens is 4. The molecular formula is C10H6ClF3N4O. The van der Waals surface area contributed by atoms with Crippen LogP contribution in [0.25, 0.3) is 0 Å². The molecule has 0 unspecified atom stereocenters. The zero-order valence-electron chi connectivity index (χ0n) is 9.12. The van der Waals surface area contributed by atoms with E-state index in [9.17, 15) is 18.0 Å². The molecule has 0 aliphatic carbocycles. The predicted octanol–water partition coefficient (Wildman–Crippen LogP) is 2.73. The first-order chi connectivity index (χ1) is 8.88. The van der Waals surface area contributed by atoms with Crippen LogP contribution in [0.15, 0.2) is 24.3 Å². The summed E-state index contributed by atoms with van der Waals surface area (Å²) in [6, 6.07) is 6.10. The molecule has 2 aromatic rings. The minimum absolute atomic E-state index is 0.113. The van der Waals surface area contributed by atoms with E-state index in [2.05, 4.69) is 15.4 Å². The minimum atomic E-state index is -4.65. The molecule has 0 aliphatic rings. The fourth-order valence-corrected chi connectivity index (χ4v) is 1.48. The zero-order chi connectivity index (χ0) is 14.0. The number of H-pyrrole nitrogens is 1. The molecule has 0 saturated heterocycles. The van der Waals surface area contributed by atoms with Gasteiger partial charge in [0.15, 0.2) is 0 Å². The number of alkyl halides is 3. The van der Waals surface area contributed by atoms with Crippen molar-refractivity contribution >= 4 is 23.5 Å². The summed E-state index contributed by atoms with van der Waals surface area (Å²) >= 11 is 5.77. The van der Waals surface area contributed by atoms with Crippen LogP contribution in [0.3, 0.4) is 0 Å². The second kappa shape index (κ2) is 4.88. The molecule has 2 N–H and O–H groups in total. The highest BCUT2D eigenvalue weighted by atomic mass is 35.5. The molecule has 0 atom stereocenters. The van der Waals surface area contributed by atoms with E-state index in [4.69, 9.17) is 11.6 Å². The van der Waals surface area contributed by atoms with E-state index < -0.39 is 23.9 Å². The Labute approximate surface area is 109 Å². The maximum Gasteiger partial charge on any atom is 0.451 e. The lowest BCUT2D eigenvalue weighted by Gasteiger charge is -2.02. The Bertz CT molecular complexity index is 611. The molecule has 1 aromatic carbocycles. The van der Waals surface area contributed by atoms with Crippen molar-refractivity contribution in [3.05, 3.63) is 40.7 Å². The van der Waals surface area contributed by atoms with Crippen molar-refractivity contribution in [3.63, 3.8) is 0 Å². The van der Waals surface area contributed by atoms with E-state index in [1.807, 2.05) is 0 Å². The van der Waals surface area contributed by atoms with Crippen molar-refractivity contribution in [1.82, 2.24) is 15.2 Å². The Morgan fingerprint density at radius 1 is 1.32 bits per heavy atom. The van der Waals surface area contributed by atoms with Gasteiger partial charge in [-0.1, -0.05) is 23.7 Å². The number of carbonyl (C=O) groups excluding carboxylic acids is 1. The van der Waals surface area contributed by atoms with Gasteiger partial charge < -0.3 is 0 Å². The first kappa shape index (κ1) is 13.3. The topological polar surface area (TPSA) is 70.7 Å². The lowest BCUT2D eigenvalue weighted by Crippen LogP contribution is -2.14. The molecule has 0 aliphatic heterocycles. The van der Waals surface area contributed by atoms with Gasteiger partial charge in [-0.2, -0.15) is 18.2 Å². The highest BCUT2D eigenvalue weighted by Crippen LogP contribution is 2.26. The van der Waals surface area contributed by atoms with Crippen molar-refractivity contribution in [3.8, 4) is 0 Å². The lowest BCUT2D eigenvalue weighted by molar-refractivity contribution is -0.144. The molecular weight excluding hydrogens is 285 g/mol. The first-order valence-electron chi connectivity index (χ1n) is 4.93. The summed E-state index contributed by atoms with van der Waals surface area (Å²) in [5, 5.41) is 7.22. The van der Waals surface area contributed by atoms with Gasteiger partial charge in [0.05, 0.1) is 10.6 Å². The molecule has 1 amide bonds. The van der Waals surface area contributed by atoms with Gasteiger partial charge in [0.1, 0.15) is 0 Å². The molecule has 1 aromatic heterocycles. The van der Waals surface area contributed by atoms with Gasteiger partial charge in [-0.05, 0) is 12.1 Å². The van der Waals surface area contributed by atoms with E-state index in [0.717, 1.165) is 0 Å². The summed E-state index contributed by atoms with van der Waals surface area (Å²) in [6.45, 7) is 0. The van der Waals surface area contributed by atoms with Gasteiger partial charge in [0.25, 0.3) is 5.91 Å². The summed E-state index contributed by atoms with van der Waals surface area (Å²) in [6.07, 6.45) is -4.65. The normalized spacial score (nSPS) is 11.4. The Hall–Kier alpha value is -2.09. The molecule has 19 heavy (non-hydrogen) atoms. The Kier molecular flexibility index (Phi) is 3.43. The van der Waals surface area contributed by atoms with Crippen LogP contribution in [0.4, 0.5) is 19.1 Å².